The zero-order valence-corrected chi connectivity index (χ0v) is 15.3. The summed E-state index contributed by atoms with van der Waals surface area (Å²) < 4.78 is 6.53. The number of carbonyl (C=O) groups is 1. The highest BCUT2D eigenvalue weighted by Gasteiger charge is 2.13. The van der Waals surface area contributed by atoms with E-state index < -0.39 is 5.91 Å². The van der Waals surface area contributed by atoms with Crippen molar-refractivity contribution in [1.82, 2.24) is 19.8 Å². The lowest BCUT2D eigenvalue weighted by Gasteiger charge is -2.13. The van der Waals surface area contributed by atoms with Crippen LogP contribution in [0.2, 0.25) is 0 Å². The van der Waals surface area contributed by atoms with E-state index in [9.17, 15) is 4.79 Å². The molecule has 1 amide bonds. The molecule has 0 bridgehead atoms. The average molecular weight is 379 g/mol. The SMILES string of the molecule is CSc1nc(N)n(C(=S)N(C)/N=C/c2ccc(OCC(N)=O)cc2)n1. The lowest BCUT2D eigenvalue weighted by molar-refractivity contribution is -0.119. The second kappa shape index (κ2) is 8.44. The first-order chi connectivity index (χ1) is 11.9. The third-order valence-electron chi connectivity index (χ3n) is 2.89. The van der Waals surface area contributed by atoms with Gasteiger partial charge in [0.1, 0.15) is 5.75 Å². The molecule has 0 fully saturated rings. The van der Waals surface area contributed by atoms with Crippen molar-refractivity contribution in [1.29, 1.82) is 0 Å². The smallest absolute Gasteiger partial charge is 0.255 e. The summed E-state index contributed by atoms with van der Waals surface area (Å²) >= 11 is 6.68. The fourth-order valence-electron chi connectivity index (χ4n) is 1.68. The van der Waals surface area contributed by atoms with Crippen LogP contribution in [0.5, 0.6) is 5.75 Å². The minimum Gasteiger partial charge on any atom is -0.484 e. The molecular formula is C14H17N7O2S2. The molecule has 0 aliphatic carbocycles. The second-order valence-corrected chi connectivity index (χ2v) is 5.88. The van der Waals surface area contributed by atoms with Crippen LogP contribution in [0, 0.1) is 0 Å². The van der Waals surface area contributed by atoms with Crippen molar-refractivity contribution >= 4 is 47.2 Å². The number of amides is 1. The van der Waals surface area contributed by atoms with Crippen molar-refractivity contribution in [3.63, 3.8) is 0 Å². The monoisotopic (exact) mass is 379 g/mol. The molecular weight excluding hydrogens is 362 g/mol. The number of rotatable bonds is 6. The van der Waals surface area contributed by atoms with Crippen LogP contribution in [0.25, 0.3) is 0 Å². The van der Waals surface area contributed by atoms with Gasteiger partial charge < -0.3 is 16.2 Å². The van der Waals surface area contributed by atoms with Crippen LogP contribution in [-0.4, -0.2) is 56.9 Å². The number of hydrogen-bond donors (Lipinski definition) is 2. The molecule has 4 N–H and O–H groups in total. The van der Waals surface area contributed by atoms with Crippen LogP contribution in [0.1, 0.15) is 5.56 Å². The molecule has 1 aromatic carbocycles. The van der Waals surface area contributed by atoms with E-state index in [1.54, 1.807) is 37.5 Å². The quantitative estimate of drug-likeness (QED) is 0.323. The third-order valence-corrected chi connectivity index (χ3v) is 3.87. The summed E-state index contributed by atoms with van der Waals surface area (Å²) in [5, 5.41) is 10.7. The van der Waals surface area contributed by atoms with E-state index in [-0.39, 0.29) is 12.6 Å². The topological polar surface area (TPSA) is 125 Å². The Kier molecular flexibility index (Phi) is 6.31. The van der Waals surface area contributed by atoms with Crippen LogP contribution >= 0.6 is 24.0 Å². The number of thioether (sulfide) groups is 1. The fourth-order valence-corrected chi connectivity index (χ4v) is 2.21. The van der Waals surface area contributed by atoms with Gasteiger partial charge in [0.25, 0.3) is 5.91 Å². The van der Waals surface area contributed by atoms with Crippen molar-refractivity contribution in [3.05, 3.63) is 29.8 Å². The van der Waals surface area contributed by atoms with Crippen molar-refractivity contribution in [2.75, 3.05) is 25.6 Å². The molecule has 1 heterocycles. The molecule has 0 saturated heterocycles. The molecule has 2 aromatic rings. The molecule has 132 valence electrons. The van der Waals surface area contributed by atoms with Gasteiger partial charge in [-0.25, -0.2) is 5.01 Å². The molecule has 0 unspecified atom stereocenters. The number of primary amides is 1. The maximum Gasteiger partial charge on any atom is 0.255 e. The first-order valence-electron chi connectivity index (χ1n) is 7.00. The van der Waals surface area contributed by atoms with Gasteiger partial charge in [0.2, 0.25) is 16.2 Å². The number of benzene rings is 1. The highest BCUT2D eigenvalue weighted by Crippen LogP contribution is 2.13. The molecule has 25 heavy (non-hydrogen) atoms. The van der Waals surface area contributed by atoms with Gasteiger partial charge in [0, 0.05) is 7.05 Å². The molecule has 1 aromatic heterocycles. The Balaban J connectivity index is 2.01. The van der Waals surface area contributed by atoms with Gasteiger partial charge in [-0.2, -0.15) is 14.8 Å². The normalized spacial score (nSPS) is 10.8. The maximum atomic E-state index is 10.7. The van der Waals surface area contributed by atoms with Gasteiger partial charge in [-0.15, -0.1) is 5.10 Å². The van der Waals surface area contributed by atoms with Crippen LogP contribution < -0.4 is 16.2 Å². The number of anilines is 1. The largest absolute Gasteiger partial charge is 0.484 e. The minimum atomic E-state index is -0.530. The highest BCUT2D eigenvalue weighted by molar-refractivity contribution is 7.98. The third kappa shape index (κ3) is 5.16. The Morgan fingerprint density at radius 3 is 2.72 bits per heavy atom. The van der Waals surface area contributed by atoms with E-state index >= 15 is 0 Å². The first kappa shape index (κ1) is 18.7. The van der Waals surface area contributed by atoms with Gasteiger partial charge in [-0.1, -0.05) is 11.8 Å². The van der Waals surface area contributed by atoms with E-state index in [0.717, 1.165) is 5.56 Å². The Hall–Kier alpha value is -2.66. The van der Waals surface area contributed by atoms with E-state index in [2.05, 4.69) is 15.2 Å². The molecule has 0 radical (unpaired) electrons. The lowest BCUT2D eigenvalue weighted by Crippen LogP contribution is -2.28. The predicted molar refractivity (Wildman–Crippen MR) is 101 cm³/mol. The molecule has 0 spiro atoms. The van der Waals surface area contributed by atoms with Gasteiger partial charge >= 0.3 is 0 Å². The number of hydrazone groups is 1. The lowest BCUT2D eigenvalue weighted by atomic mass is 10.2. The fraction of sp³-hybridized carbons (Fsp3) is 0.214. The van der Waals surface area contributed by atoms with Crippen molar-refractivity contribution in [2.24, 2.45) is 10.8 Å². The Bertz CT molecular complexity index is 789. The molecule has 9 nitrogen and oxygen atoms in total. The predicted octanol–water partition coefficient (Wildman–Crippen LogP) is 0.545. The van der Waals surface area contributed by atoms with Gasteiger partial charge in [-0.05, 0) is 48.3 Å². The second-order valence-electron chi connectivity index (χ2n) is 4.74. The van der Waals surface area contributed by atoms with E-state index in [0.29, 0.717) is 16.0 Å². The number of carbonyl (C=O) groups excluding carboxylic acids is 1. The zero-order valence-electron chi connectivity index (χ0n) is 13.6. The van der Waals surface area contributed by atoms with Gasteiger partial charge in [-0.3, -0.25) is 4.79 Å². The molecule has 2 rings (SSSR count). The number of nitrogen functional groups attached to an aromatic ring is 1. The van der Waals surface area contributed by atoms with Crippen LogP contribution in [0.3, 0.4) is 0 Å². The Morgan fingerprint density at radius 1 is 1.48 bits per heavy atom. The molecule has 11 heteroatoms. The Labute approximate surface area is 154 Å². The summed E-state index contributed by atoms with van der Waals surface area (Å²) in [6.45, 7) is -0.165. The number of thiocarbonyl (C=S) groups is 1. The summed E-state index contributed by atoms with van der Waals surface area (Å²) in [7, 11) is 1.68. The number of aromatic nitrogens is 3. The summed E-state index contributed by atoms with van der Waals surface area (Å²) in [6, 6.07) is 6.99. The van der Waals surface area contributed by atoms with Crippen molar-refractivity contribution < 1.29 is 9.53 Å². The van der Waals surface area contributed by atoms with E-state index in [4.69, 9.17) is 28.4 Å². The average Bonchev–Trinajstić information content (AvgIpc) is 2.99. The van der Waals surface area contributed by atoms with E-state index in [1.165, 1.54) is 21.5 Å². The summed E-state index contributed by atoms with van der Waals surface area (Å²) in [5.74, 6) is 0.213. The highest BCUT2D eigenvalue weighted by atomic mass is 32.2. The standard InChI is InChI=1S/C14H17N7O2S2/c1-20(14(24)21-12(16)18-13(19-21)25-2)17-7-9-3-5-10(6-4-9)23-8-11(15)22/h3-7H,8H2,1-2H3,(H2,15,22)(H2,16,18,19)/b17-7+. The zero-order chi connectivity index (χ0) is 18.4. The number of ether oxygens (including phenoxy) is 1. The van der Waals surface area contributed by atoms with E-state index in [1.807, 2.05) is 6.26 Å². The number of hydrogen-bond acceptors (Lipinski definition) is 8. The molecule has 0 atom stereocenters. The first-order valence-corrected chi connectivity index (χ1v) is 8.63. The number of nitrogens with two attached hydrogens (primary N) is 2. The van der Waals surface area contributed by atoms with Crippen molar-refractivity contribution in [3.8, 4) is 5.75 Å². The Morgan fingerprint density at radius 2 is 2.16 bits per heavy atom. The number of nitrogens with zero attached hydrogens (tertiary/aromatic N) is 5. The molecule has 0 aliphatic rings. The molecule has 0 saturated carbocycles. The minimum absolute atomic E-state index is 0.165. The summed E-state index contributed by atoms with van der Waals surface area (Å²) in [6.07, 6.45) is 3.47. The van der Waals surface area contributed by atoms with Crippen LogP contribution in [0.4, 0.5) is 5.95 Å². The van der Waals surface area contributed by atoms with Gasteiger partial charge in [0.15, 0.2) is 6.61 Å². The molecule has 0 aliphatic heterocycles. The summed E-state index contributed by atoms with van der Waals surface area (Å²) in [5.41, 5.74) is 11.6. The maximum absolute atomic E-state index is 10.7. The van der Waals surface area contributed by atoms with Crippen LogP contribution in [-0.2, 0) is 4.79 Å². The van der Waals surface area contributed by atoms with Gasteiger partial charge in [0.05, 0.1) is 6.21 Å². The summed E-state index contributed by atoms with van der Waals surface area (Å²) in [4.78, 5) is 14.7. The van der Waals surface area contributed by atoms with Crippen molar-refractivity contribution in [2.45, 2.75) is 5.16 Å². The van der Waals surface area contributed by atoms with Crippen LogP contribution in [0.15, 0.2) is 34.5 Å².